The third-order valence-corrected chi connectivity index (χ3v) is 1.11. The Morgan fingerprint density at radius 1 is 1.15 bits per heavy atom. The topological polar surface area (TPSA) is 81.7 Å². The van der Waals surface area contributed by atoms with Crippen molar-refractivity contribution in [1.82, 2.24) is 5.32 Å². The standard InChI is InChI=1S/C7H9NO5/c1-12-6(10)5(3-8-4-9)7(11)13-2/h3-4H,1-2H3,(H,8,9). The first-order valence-electron chi connectivity index (χ1n) is 3.23. The molecular weight excluding hydrogens is 178 g/mol. The van der Waals surface area contributed by atoms with Crippen molar-refractivity contribution in [2.24, 2.45) is 0 Å². The summed E-state index contributed by atoms with van der Waals surface area (Å²) in [4.78, 5) is 31.6. The van der Waals surface area contributed by atoms with Gasteiger partial charge in [-0.05, 0) is 0 Å². The zero-order chi connectivity index (χ0) is 10.3. The van der Waals surface area contributed by atoms with Crippen LogP contribution in [0.15, 0.2) is 11.8 Å². The van der Waals surface area contributed by atoms with Gasteiger partial charge in [-0.15, -0.1) is 0 Å². The first-order valence-corrected chi connectivity index (χ1v) is 3.23. The molecule has 0 rings (SSSR count). The average Bonchev–Trinajstić information content (AvgIpc) is 2.17. The molecule has 0 saturated heterocycles. The van der Waals surface area contributed by atoms with Gasteiger partial charge in [-0.1, -0.05) is 0 Å². The van der Waals surface area contributed by atoms with E-state index in [9.17, 15) is 14.4 Å². The minimum Gasteiger partial charge on any atom is -0.465 e. The van der Waals surface area contributed by atoms with Crippen molar-refractivity contribution >= 4 is 18.3 Å². The van der Waals surface area contributed by atoms with E-state index in [1.807, 2.05) is 5.32 Å². The molecule has 0 aromatic heterocycles. The van der Waals surface area contributed by atoms with Crippen LogP contribution in [0.2, 0.25) is 0 Å². The van der Waals surface area contributed by atoms with Crippen LogP contribution in [0.4, 0.5) is 0 Å². The maximum absolute atomic E-state index is 10.9. The zero-order valence-electron chi connectivity index (χ0n) is 7.20. The van der Waals surface area contributed by atoms with E-state index in [1.165, 1.54) is 0 Å². The fourth-order valence-electron chi connectivity index (χ4n) is 0.538. The summed E-state index contributed by atoms with van der Waals surface area (Å²) in [6.07, 6.45) is 1.22. The Morgan fingerprint density at radius 3 is 1.92 bits per heavy atom. The smallest absolute Gasteiger partial charge is 0.346 e. The van der Waals surface area contributed by atoms with Crippen molar-refractivity contribution in [3.63, 3.8) is 0 Å². The summed E-state index contributed by atoms with van der Waals surface area (Å²) < 4.78 is 8.54. The first-order chi connectivity index (χ1) is 6.17. The Balaban J connectivity index is 4.63. The van der Waals surface area contributed by atoms with Crippen molar-refractivity contribution in [3.05, 3.63) is 11.8 Å². The van der Waals surface area contributed by atoms with E-state index in [-0.39, 0.29) is 5.57 Å². The molecule has 0 bridgehead atoms. The van der Waals surface area contributed by atoms with E-state index in [2.05, 4.69) is 9.47 Å². The summed E-state index contributed by atoms with van der Waals surface area (Å²) in [5, 5.41) is 2.03. The highest BCUT2D eigenvalue weighted by molar-refractivity contribution is 6.14. The minimum atomic E-state index is -0.874. The number of esters is 2. The number of carbonyl (C=O) groups is 3. The molecular formula is C7H9NO5. The summed E-state index contributed by atoms with van der Waals surface area (Å²) in [5.41, 5.74) is -0.378. The molecule has 0 saturated carbocycles. The largest absolute Gasteiger partial charge is 0.465 e. The Labute approximate surface area is 74.5 Å². The lowest BCUT2D eigenvalue weighted by Gasteiger charge is -2.01. The van der Waals surface area contributed by atoms with E-state index < -0.39 is 11.9 Å². The van der Waals surface area contributed by atoms with Crippen molar-refractivity contribution < 1.29 is 23.9 Å². The molecule has 0 unspecified atom stereocenters. The quantitative estimate of drug-likeness (QED) is 0.200. The van der Waals surface area contributed by atoms with Crippen LogP contribution in [-0.2, 0) is 23.9 Å². The van der Waals surface area contributed by atoms with Crippen LogP contribution in [-0.4, -0.2) is 32.6 Å². The van der Waals surface area contributed by atoms with E-state index in [1.54, 1.807) is 0 Å². The molecule has 0 aromatic rings. The van der Waals surface area contributed by atoms with Crippen LogP contribution in [0.5, 0.6) is 0 Å². The van der Waals surface area contributed by atoms with Gasteiger partial charge in [0.15, 0.2) is 5.57 Å². The predicted molar refractivity (Wildman–Crippen MR) is 41.3 cm³/mol. The van der Waals surface area contributed by atoms with Gasteiger partial charge in [0.2, 0.25) is 6.41 Å². The number of hydrogen-bond acceptors (Lipinski definition) is 5. The Kier molecular flexibility index (Phi) is 4.94. The lowest BCUT2D eigenvalue weighted by Crippen LogP contribution is -2.18. The third kappa shape index (κ3) is 3.37. The van der Waals surface area contributed by atoms with E-state index in [0.717, 1.165) is 20.4 Å². The summed E-state index contributed by atoms with van der Waals surface area (Å²) in [5.74, 6) is -1.75. The second-order valence-electron chi connectivity index (χ2n) is 1.83. The van der Waals surface area contributed by atoms with Gasteiger partial charge < -0.3 is 14.8 Å². The number of carbonyl (C=O) groups excluding carboxylic acids is 3. The highest BCUT2D eigenvalue weighted by atomic mass is 16.5. The van der Waals surface area contributed by atoms with Gasteiger partial charge in [-0.25, -0.2) is 9.59 Å². The summed E-state index contributed by atoms with van der Waals surface area (Å²) in [6, 6.07) is 0. The molecule has 0 aliphatic carbocycles. The molecule has 6 heteroatoms. The van der Waals surface area contributed by atoms with Gasteiger partial charge in [0, 0.05) is 6.20 Å². The Morgan fingerprint density at radius 2 is 1.62 bits per heavy atom. The van der Waals surface area contributed by atoms with Crippen molar-refractivity contribution in [1.29, 1.82) is 0 Å². The predicted octanol–water partition coefficient (Wildman–Crippen LogP) is -1.04. The van der Waals surface area contributed by atoms with Crippen molar-refractivity contribution in [2.75, 3.05) is 14.2 Å². The molecule has 0 aromatic carbocycles. The van der Waals surface area contributed by atoms with Gasteiger partial charge in [0.25, 0.3) is 0 Å². The molecule has 1 amide bonds. The Bertz CT molecular complexity index is 227. The number of methoxy groups -OCH3 is 2. The zero-order valence-corrected chi connectivity index (χ0v) is 7.20. The first kappa shape index (κ1) is 11.2. The molecule has 13 heavy (non-hydrogen) atoms. The molecule has 6 nitrogen and oxygen atoms in total. The van der Waals surface area contributed by atoms with E-state index >= 15 is 0 Å². The van der Waals surface area contributed by atoms with Gasteiger partial charge >= 0.3 is 11.9 Å². The van der Waals surface area contributed by atoms with E-state index in [0.29, 0.717) is 6.41 Å². The second kappa shape index (κ2) is 5.76. The van der Waals surface area contributed by atoms with Gasteiger partial charge in [-0.2, -0.15) is 0 Å². The fourth-order valence-corrected chi connectivity index (χ4v) is 0.538. The lowest BCUT2D eigenvalue weighted by atomic mass is 10.3. The van der Waals surface area contributed by atoms with Crippen LogP contribution in [0.25, 0.3) is 0 Å². The monoisotopic (exact) mass is 187 g/mol. The molecule has 1 N–H and O–H groups in total. The third-order valence-electron chi connectivity index (χ3n) is 1.11. The summed E-state index contributed by atoms with van der Waals surface area (Å²) >= 11 is 0. The number of amides is 1. The minimum absolute atomic E-state index is 0.311. The highest BCUT2D eigenvalue weighted by Gasteiger charge is 2.19. The molecule has 72 valence electrons. The molecule has 0 aliphatic heterocycles. The SMILES string of the molecule is COC(=O)C(=CNC=O)C(=O)OC. The number of ether oxygens (including phenoxy) is 2. The highest BCUT2D eigenvalue weighted by Crippen LogP contribution is 1.98. The molecule has 0 aliphatic rings. The van der Waals surface area contributed by atoms with Gasteiger partial charge in [0.1, 0.15) is 0 Å². The molecule has 0 heterocycles. The van der Waals surface area contributed by atoms with Crippen LogP contribution >= 0.6 is 0 Å². The Hall–Kier alpha value is -1.85. The number of rotatable bonds is 4. The molecule has 0 spiro atoms. The molecule has 0 atom stereocenters. The average molecular weight is 187 g/mol. The van der Waals surface area contributed by atoms with Crippen molar-refractivity contribution in [2.45, 2.75) is 0 Å². The summed E-state index contributed by atoms with van der Waals surface area (Å²) in [7, 11) is 2.22. The van der Waals surface area contributed by atoms with Crippen molar-refractivity contribution in [3.8, 4) is 0 Å². The second-order valence-corrected chi connectivity index (χ2v) is 1.83. The van der Waals surface area contributed by atoms with Crippen LogP contribution in [0.3, 0.4) is 0 Å². The van der Waals surface area contributed by atoms with Crippen LogP contribution < -0.4 is 5.32 Å². The lowest BCUT2D eigenvalue weighted by molar-refractivity contribution is -0.144. The summed E-state index contributed by atoms with van der Waals surface area (Å²) in [6.45, 7) is 0. The van der Waals surface area contributed by atoms with E-state index in [4.69, 9.17) is 0 Å². The number of nitrogens with one attached hydrogen (secondary N) is 1. The molecule has 0 fully saturated rings. The molecule has 0 radical (unpaired) electrons. The fraction of sp³-hybridized carbons (Fsp3) is 0.286. The maximum Gasteiger partial charge on any atom is 0.346 e. The van der Waals surface area contributed by atoms with Gasteiger partial charge in [-0.3, -0.25) is 4.79 Å². The maximum atomic E-state index is 10.9. The van der Waals surface area contributed by atoms with Crippen LogP contribution in [0.1, 0.15) is 0 Å². The van der Waals surface area contributed by atoms with Crippen LogP contribution in [0, 0.1) is 0 Å². The number of hydrogen-bond donors (Lipinski definition) is 1. The van der Waals surface area contributed by atoms with Gasteiger partial charge in [0.05, 0.1) is 14.2 Å². The normalized spacial score (nSPS) is 8.15.